The summed E-state index contributed by atoms with van der Waals surface area (Å²) in [5.41, 5.74) is 2.71. The molecule has 0 fully saturated rings. The van der Waals surface area contributed by atoms with Gasteiger partial charge in [-0.15, -0.1) is 11.3 Å². The summed E-state index contributed by atoms with van der Waals surface area (Å²) in [4.78, 5) is 17.7. The van der Waals surface area contributed by atoms with Gasteiger partial charge < -0.3 is 5.32 Å². The molecule has 1 aromatic carbocycles. The van der Waals surface area contributed by atoms with Crippen molar-refractivity contribution in [3.05, 3.63) is 62.2 Å². The van der Waals surface area contributed by atoms with Crippen molar-refractivity contribution < 1.29 is 4.79 Å². The molecule has 2 aromatic heterocycles. The van der Waals surface area contributed by atoms with Gasteiger partial charge in [0.25, 0.3) is 5.91 Å². The molecule has 1 N–H and O–H groups in total. The Balaban J connectivity index is 1.80. The summed E-state index contributed by atoms with van der Waals surface area (Å²) in [6, 6.07) is 9.38. The van der Waals surface area contributed by atoms with E-state index in [1.54, 1.807) is 11.3 Å². The molecule has 0 aliphatic carbocycles. The number of benzene rings is 1. The number of amides is 1. The monoisotopic (exact) mass is 362 g/mol. The van der Waals surface area contributed by atoms with Crippen molar-refractivity contribution in [1.82, 2.24) is 10.3 Å². The van der Waals surface area contributed by atoms with E-state index in [1.807, 2.05) is 54.9 Å². The summed E-state index contributed by atoms with van der Waals surface area (Å²) in [7, 11) is 0. The molecule has 3 nitrogen and oxygen atoms in total. The average molecular weight is 363 g/mol. The van der Waals surface area contributed by atoms with Crippen molar-refractivity contribution in [3.63, 3.8) is 0 Å². The van der Waals surface area contributed by atoms with Gasteiger partial charge in [-0.3, -0.25) is 4.79 Å². The fourth-order valence-corrected chi connectivity index (χ4v) is 4.26. The SMILES string of the molecule is Cc1nc(-c2ccsc2)sc1C(=O)N[C@@H](C)c1ccccc1Cl. The van der Waals surface area contributed by atoms with Crippen LogP contribution >= 0.6 is 34.3 Å². The van der Waals surface area contributed by atoms with Crippen LogP contribution in [0.4, 0.5) is 0 Å². The largest absolute Gasteiger partial charge is 0.345 e. The number of hydrogen-bond donors (Lipinski definition) is 1. The number of hydrogen-bond acceptors (Lipinski definition) is 4. The number of carbonyl (C=O) groups excluding carboxylic acids is 1. The zero-order valence-electron chi connectivity index (χ0n) is 12.7. The first-order valence-corrected chi connectivity index (χ1v) is 9.25. The van der Waals surface area contributed by atoms with Gasteiger partial charge in [-0.1, -0.05) is 29.8 Å². The third-order valence-electron chi connectivity index (χ3n) is 3.49. The zero-order valence-corrected chi connectivity index (χ0v) is 15.1. The van der Waals surface area contributed by atoms with Crippen LogP contribution in [0.1, 0.15) is 33.9 Å². The first kappa shape index (κ1) is 16.2. The average Bonchev–Trinajstić information content (AvgIpc) is 3.16. The van der Waals surface area contributed by atoms with Gasteiger partial charge in [-0.2, -0.15) is 11.3 Å². The van der Waals surface area contributed by atoms with Gasteiger partial charge in [-0.05, 0) is 36.9 Å². The number of halogens is 1. The lowest BCUT2D eigenvalue weighted by Crippen LogP contribution is -2.26. The van der Waals surface area contributed by atoms with Crippen LogP contribution in [0.3, 0.4) is 0 Å². The van der Waals surface area contributed by atoms with Crippen LogP contribution in [0.2, 0.25) is 5.02 Å². The molecule has 0 aliphatic rings. The standard InChI is InChI=1S/C17H15ClN2OS2/c1-10(13-5-3-4-6-14(13)18)19-16(21)15-11(2)20-17(23-15)12-7-8-22-9-12/h3-10H,1-2H3,(H,19,21)/t10-/m0/s1. The van der Waals surface area contributed by atoms with E-state index in [2.05, 4.69) is 10.3 Å². The summed E-state index contributed by atoms with van der Waals surface area (Å²) < 4.78 is 0. The molecule has 0 aliphatic heterocycles. The van der Waals surface area contributed by atoms with E-state index in [9.17, 15) is 4.79 Å². The van der Waals surface area contributed by atoms with Crippen LogP contribution in [-0.4, -0.2) is 10.9 Å². The predicted octanol–water partition coefficient (Wildman–Crippen LogP) is 5.32. The maximum Gasteiger partial charge on any atom is 0.263 e. The van der Waals surface area contributed by atoms with Crippen LogP contribution in [-0.2, 0) is 0 Å². The second-order valence-electron chi connectivity index (χ2n) is 5.16. The Morgan fingerprint density at radius 1 is 1.30 bits per heavy atom. The Hall–Kier alpha value is -1.69. The van der Waals surface area contributed by atoms with Crippen LogP contribution in [0.15, 0.2) is 41.1 Å². The quantitative estimate of drug-likeness (QED) is 0.682. The molecule has 0 spiro atoms. The molecule has 3 rings (SSSR count). The minimum Gasteiger partial charge on any atom is -0.345 e. The number of thiazole rings is 1. The summed E-state index contributed by atoms with van der Waals surface area (Å²) in [5, 5.41) is 8.57. The van der Waals surface area contributed by atoms with Gasteiger partial charge in [0.15, 0.2) is 0 Å². The maximum absolute atomic E-state index is 12.6. The molecule has 3 aromatic rings. The van der Waals surface area contributed by atoms with E-state index >= 15 is 0 Å². The summed E-state index contributed by atoms with van der Waals surface area (Å²) in [5.74, 6) is -0.117. The highest BCUT2D eigenvalue weighted by Crippen LogP contribution is 2.30. The van der Waals surface area contributed by atoms with Crippen molar-refractivity contribution in [3.8, 4) is 10.6 Å². The smallest absolute Gasteiger partial charge is 0.263 e. The van der Waals surface area contributed by atoms with Crippen molar-refractivity contribution in [1.29, 1.82) is 0 Å². The first-order chi connectivity index (χ1) is 11.1. The van der Waals surface area contributed by atoms with Crippen molar-refractivity contribution in [2.45, 2.75) is 19.9 Å². The molecule has 0 radical (unpaired) electrons. The number of nitrogens with one attached hydrogen (secondary N) is 1. The fourth-order valence-electron chi connectivity index (χ4n) is 2.28. The number of aryl methyl sites for hydroxylation is 1. The molecule has 23 heavy (non-hydrogen) atoms. The topological polar surface area (TPSA) is 42.0 Å². The third-order valence-corrected chi connectivity index (χ3v) is 5.72. The van der Waals surface area contributed by atoms with Gasteiger partial charge in [0.2, 0.25) is 0 Å². The Labute approximate surface area is 148 Å². The van der Waals surface area contributed by atoms with Crippen LogP contribution in [0.5, 0.6) is 0 Å². The van der Waals surface area contributed by atoms with Crippen LogP contribution in [0, 0.1) is 6.92 Å². The Morgan fingerprint density at radius 3 is 2.78 bits per heavy atom. The first-order valence-electron chi connectivity index (χ1n) is 7.11. The highest BCUT2D eigenvalue weighted by molar-refractivity contribution is 7.17. The summed E-state index contributed by atoms with van der Waals surface area (Å²) >= 11 is 9.23. The lowest BCUT2D eigenvalue weighted by Gasteiger charge is -2.15. The van der Waals surface area contributed by atoms with Crippen LogP contribution in [0.25, 0.3) is 10.6 Å². The molecular weight excluding hydrogens is 348 g/mol. The predicted molar refractivity (Wildman–Crippen MR) is 97.5 cm³/mol. The lowest BCUT2D eigenvalue weighted by molar-refractivity contribution is 0.0943. The zero-order chi connectivity index (χ0) is 16.4. The molecular formula is C17H15ClN2OS2. The number of thiophene rings is 1. The lowest BCUT2D eigenvalue weighted by atomic mass is 10.1. The summed E-state index contributed by atoms with van der Waals surface area (Å²) in [6.07, 6.45) is 0. The second-order valence-corrected chi connectivity index (χ2v) is 7.35. The van der Waals surface area contributed by atoms with Gasteiger partial charge in [-0.25, -0.2) is 4.98 Å². The van der Waals surface area contributed by atoms with E-state index in [0.717, 1.165) is 21.8 Å². The van der Waals surface area contributed by atoms with Gasteiger partial charge in [0.1, 0.15) is 9.88 Å². The molecule has 0 unspecified atom stereocenters. The van der Waals surface area contributed by atoms with E-state index in [0.29, 0.717) is 9.90 Å². The minimum absolute atomic E-state index is 0.117. The Bertz CT molecular complexity index is 827. The summed E-state index contributed by atoms with van der Waals surface area (Å²) in [6.45, 7) is 3.79. The van der Waals surface area contributed by atoms with Gasteiger partial charge >= 0.3 is 0 Å². The van der Waals surface area contributed by atoms with E-state index in [1.165, 1.54) is 11.3 Å². The Kier molecular flexibility index (Phi) is 4.80. The molecule has 1 atom stereocenters. The maximum atomic E-state index is 12.6. The molecule has 0 bridgehead atoms. The molecule has 1 amide bonds. The number of nitrogens with zero attached hydrogens (tertiary/aromatic N) is 1. The molecule has 0 saturated carbocycles. The normalized spacial score (nSPS) is 12.1. The minimum atomic E-state index is -0.165. The second kappa shape index (κ2) is 6.83. The van der Waals surface area contributed by atoms with E-state index in [-0.39, 0.29) is 11.9 Å². The van der Waals surface area contributed by atoms with Crippen molar-refractivity contribution in [2.75, 3.05) is 0 Å². The molecule has 118 valence electrons. The van der Waals surface area contributed by atoms with Gasteiger partial charge in [0, 0.05) is 16.0 Å². The molecule has 0 saturated heterocycles. The number of rotatable bonds is 4. The van der Waals surface area contributed by atoms with Crippen molar-refractivity contribution >= 4 is 40.2 Å². The van der Waals surface area contributed by atoms with Gasteiger partial charge in [0.05, 0.1) is 11.7 Å². The van der Waals surface area contributed by atoms with E-state index in [4.69, 9.17) is 11.6 Å². The number of carbonyl (C=O) groups is 1. The van der Waals surface area contributed by atoms with E-state index < -0.39 is 0 Å². The highest BCUT2D eigenvalue weighted by atomic mass is 35.5. The third kappa shape index (κ3) is 3.47. The highest BCUT2D eigenvalue weighted by Gasteiger charge is 2.19. The number of aromatic nitrogens is 1. The van der Waals surface area contributed by atoms with Crippen LogP contribution < -0.4 is 5.32 Å². The molecule has 6 heteroatoms. The Morgan fingerprint density at radius 2 is 2.09 bits per heavy atom. The fraction of sp³-hybridized carbons (Fsp3) is 0.176. The van der Waals surface area contributed by atoms with Crippen molar-refractivity contribution in [2.24, 2.45) is 0 Å². The molecule has 2 heterocycles.